The van der Waals surface area contributed by atoms with Crippen molar-refractivity contribution >= 4 is 84.7 Å². The van der Waals surface area contributed by atoms with Gasteiger partial charge in [-0.05, 0) is 72.5 Å². The summed E-state index contributed by atoms with van der Waals surface area (Å²) >= 11 is 15.1. The molecule has 3 aromatic rings. The minimum Gasteiger partial charge on any atom is -0.468 e. The van der Waals surface area contributed by atoms with Gasteiger partial charge in [-0.1, -0.05) is 83.1 Å². The SMILES string of the molecule is COC(=O)[C@H](OS(=O)(=O)c1ccc([N+](=O)[O-])cc1)c1ccccc1Cl.COC(=O)[C@H](c1ccccc1Cl)N1CCC2SC(=O)C=C2C1.O=C1C=C2CNCCC2S1. The van der Waals surface area contributed by atoms with E-state index in [4.69, 9.17) is 32.1 Å². The summed E-state index contributed by atoms with van der Waals surface area (Å²) in [6.07, 6.45) is 3.82. The van der Waals surface area contributed by atoms with Crippen molar-refractivity contribution in [2.24, 2.45) is 0 Å². The molecule has 0 bridgehead atoms. The topological polar surface area (TPSA) is 189 Å². The second kappa shape index (κ2) is 20.1. The normalized spacial score (nSPS) is 19.9. The second-order valence-electron chi connectivity index (χ2n) is 12.7. The van der Waals surface area contributed by atoms with Crippen molar-refractivity contribution in [3.8, 4) is 0 Å². The molecule has 2 unspecified atom stereocenters. The van der Waals surface area contributed by atoms with Crippen molar-refractivity contribution < 1.29 is 46.2 Å². The van der Waals surface area contributed by atoms with Crippen LogP contribution in [0.4, 0.5) is 5.69 Å². The summed E-state index contributed by atoms with van der Waals surface area (Å²) < 4.78 is 39.3. The molecule has 302 valence electrons. The van der Waals surface area contributed by atoms with Crippen molar-refractivity contribution in [2.75, 3.05) is 40.4 Å². The number of non-ortho nitro benzene ring substituents is 1. The van der Waals surface area contributed by atoms with Gasteiger partial charge < -0.3 is 14.8 Å². The number of methoxy groups -OCH3 is 2. The van der Waals surface area contributed by atoms with E-state index in [1.165, 1.54) is 48.3 Å². The molecule has 0 radical (unpaired) electrons. The average molecular weight is 879 g/mol. The molecule has 2 saturated heterocycles. The van der Waals surface area contributed by atoms with Gasteiger partial charge in [0.1, 0.15) is 6.04 Å². The number of hydrogen-bond acceptors (Lipinski definition) is 15. The number of carbonyl (C=O) groups excluding carboxylic acids is 4. The fourth-order valence-corrected chi connectivity index (χ4v) is 9.83. The molecule has 0 aliphatic carbocycles. The van der Waals surface area contributed by atoms with E-state index in [1.54, 1.807) is 30.4 Å². The Labute approximate surface area is 347 Å². The van der Waals surface area contributed by atoms with Crippen molar-refractivity contribution in [1.29, 1.82) is 0 Å². The highest BCUT2D eigenvalue weighted by Crippen LogP contribution is 2.39. The van der Waals surface area contributed by atoms with Gasteiger partial charge in [-0.3, -0.25) is 24.6 Å². The summed E-state index contributed by atoms with van der Waals surface area (Å²) in [5.41, 5.74) is 2.95. The Morgan fingerprint density at radius 1 is 0.842 bits per heavy atom. The van der Waals surface area contributed by atoms with Crippen LogP contribution < -0.4 is 5.32 Å². The lowest BCUT2D eigenvalue weighted by Gasteiger charge is -2.36. The maximum absolute atomic E-state index is 12.4. The molecule has 0 amide bonds. The van der Waals surface area contributed by atoms with E-state index < -0.39 is 33.2 Å². The van der Waals surface area contributed by atoms with E-state index in [0.29, 0.717) is 16.8 Å². The number of esters is 2. The molecule has 57 heavy (non-hydrogen) atoms. The first-order valence-electron chi connectivity index (χ1n) is 17.3. The predicted octanol–water partition coefficient (Wildman–Crippen LogP) is 6.24. The predicted molar refractivity (Wildman–Crippen MR) is 216 cm³/mol. The number of nitro benzene ring substituents is 1. The van der Waals surface area contributed by atoms with Gasteiger partial charge >= 0.3 is 11.9 Å². The zero-order valence-corrected chi connectivity index (χ0v) is 34.5. The molecule has 1 N–H and O–H groups in total. The molecular weight excluding hydrogens is 842 g/mol. The quantitative estimate of drug-likeness (QED) is 0.110. The zero-order chi connectivity index (χ0) is 41.3. The number of rotatable bonds is 9. The third-order valence-corrected chi connectivity index (χ3v) is 13.4. The molecule has 0 saturated carbocycles. The molecular formula is C38H37Cl2N3O11S3. The van der Waals surface area contributed by atoms with Gasteiger partial charge in [0, 0.05) is 57.9 Å². The smallest absolute Gasteiger partial charge is 0.341 e. The number of nitrogens with one attached hydrogen (secondary N) is 1. The molecule has 7 rings (SSSR count). The average Bonchev–Trinajstić information content (AvgIpc) is 3.78. The number of ether oxygens (including phenoxy) is 2. The molecule has 14 nitrogen and oxygen atoms in total. The fraction of sp³-hybridized carbons (Fsp3) is 0.316. The van der Waals surface area contributed by atoms with Gasteiger partial charge in [-0.25, -0.2) is 13.8 Å². The number of nitro groups is 1. The van der Waals surface area contributed by atoms with Crippen molar-refractivity contribution in [3.63, 3.8) is 0 Å². The van der Waals surface area contributed by atoms with E-state index >= 15 is 0 Å². The van der Waals surface area contributed by atoms with Gasteiger partial charge in [0.05, 0.1) is 24.0 Å². The van der Waals surface area contributed by atoms with Gasteiger partial charge in [0.15, 0.2) is 0 Å². The minimum absolute atomic E-state index is 0.106. The van der Waals surface area contributed by atoms with E-state index in [1.807, 2.05) is 23.1 Å². The summed E-state index contributed by atoms with van der Waals surface area (Å²) in [5, 5.41) is 15.7. The third kappa shape index (κ3) is 11.3. The van der Waals surface area contributed by atoms with Crippen molar-refractivity contribution in [3.05, 3.63) is 127 Å². The van der Waals surface area contributed by atoms with E-state index in [2.05, 4.69) is 10.1 Å². The molecule has 4 atom stereocenters. The Morgan fingerprint density at radius 2 is 1.40 bits per heavy atom. The van der Waals surface area contributed by atoms with Crippen LogP contribution in [-0.4, -0.2) is 91.3 Å². The van der Waals surface area contributed by atoms with E-state index in [0.717, 1.165) is 75.0 Å². The number of carbonyl (C=O) groups is 4. The Balaban J connectivity index is 0.000000176. The Hall–Kier alpha value is -4.07. The third-order valence-electron chi connectivity index (χ3n) is 9.08. The Morgan fingerprint density at radius 3 is 1.96 bits per heavy atom. The van der Waals surface area contributed by atoms with Crippen molar-refractivity contribution in [1.82, 2.24) is 10.2 Å². The highest BCUT2D eigenvalue weighted by molar-refractivity contribution is 8.15. The lowest BCUT2D eigenvalue weighted by molar-refractivity contribution is -0.384. The number of nitrogens with zero attached hydrogens (tertiary/aromatic N) is 2. The number of hydrogen-bond donors (Lipinski definition) is 1. The molecule has 0 aromatic heterocycles. The summed E-state index contributed by atoms with van der Waals surface area (Å²) in [4.78, 5) is 58.3. The number of likely N-dealkylation sites (tertiary alicyclic amines) is 1. The van der Waals surface area contributed by atoms with Crippen LogP contribution in [0.5, 0.6) is 0 Å². The molecule has 2 fully saturated rings. The minimum atomic E-state index is -4.40. The van der Waals surface area contributed by atoms with Crippen LogP contribution in [0.15, 0.2) is 101 Å². The Bertz CT molecular complexity index is 2180. The number of fused-ring (bicyclic) bond motifs is 2. The summed E-state index contributed by atoms with van der Waals surface area (Å²) in [7, 11) is -1.94. The highest BCUT2D eigenvalue weighted by atomic mass is 35.5. The van der Waals surface area contributed by atoms with Crippen LogP contribution >= 0.6 is 46.7 Å². The molecule has 3 aromatic carbocycles. The lowest BCUT2D eigenvalue weighted by Crippen LogP contribution is -2.42. The van der Waals surface area contributed by atoms with Crippen LogP contribution in [0, 0.1) is 10.1 Å². The number of halogens is 2. The first-order chi connectivity index (χ1) is 27.2. The number of benzene rings is 3. The summed E-state index contributed by atoms with van der Waals surface area (Å²) in [5.74, 6) is -1.29. The first-order valence-corrected chi connectivity index (χ1v) is 21.2. The molecule has 4 heterocycles. The zero-order valence-electron chi connectivity index (χ0n) is 30.5. The van der Waals surface area contributed by atoms with Crippen LogP contribution in [0.2, 0.25) is 10.0 Å². The van der Waals surface area contributed by atoms with Crippen LogP contribution in [0.3, 0.4) is 0 Å². The Kier molecular flexibility index (Phi) is 15.5. The van der Waals surface area contributed by atoms with E-state index in [-0.39, 0.29) is 42.6 Å². The maximum atomic E-state index is 12.4. The maximum Gasteiger partial charge on any atom is 0.341 e. The fourth-order valence-electron chi connectivity index (χ4n) is 6.28. The molecule has 4 aliphatic rings. The van der Waals surface area contributed by atoms with Gasteiger partial charge in [-0.15, -0.1) is 0 Å². The van der Waals surface area contributed by atoms with Crippen LogP contribution in [0.1, 0.15) is 36.1 Å². The molecule has 19 heteroatoms. The highest BCUT2D eigenvalue weighted by Gasteiger charge is 2.38. The first kappa shape index (κ1) is 44.0. The standard InChI is InChI=1S/C16H16ClNO3S.C15H12ClNO7S.C7H9NOS/c1-21-16(20)15(11-4-2-3-5-12(11)17)18-7-6-13-10(9-18)8-14(19)22-13;1-23-15(18)14(12-4-2-3-5-13(12)16)24-25(21,22)11-8-6-10(7-9-11)17(19)20;9-7-3-5-4-8-2-1-6(5)10-7/h2-5,8,13,15H,6-7,9H2,1H3;2-9,14H,1H3;3,6,8H,1-2,4H2/t13?,15-;14-;/m01./s1. The largest absolute Gasteiger partial charge is 0.468 e. The summed E-state index contributed by atoms with van der Waals surface area (Å²) in [6, 6.07) is 16.9. The molecule has 0 spiro atoms. The number of thioether (sulfide) groups is 2. The number of piperidine rings is 2. The van der Waals surface area contributed by atoms with Gasteiger partial charge in [0.25, 0.3) is 15.8 Å². The molecule has 4 aliphatic heterocycles. The summed E-state index contributed by atoms with van der Waals surface area (Å²) in [6.45, 7) is 3.30. The van der Waals surface area contributed by atoms with Gasteiger partial charge in [-0.2, -0.15) is 8.42 Å². The van der Waals surface area contributed by atoms with Gasteiger partial charge in [0.2, 0.25) is 16.3 Å². The van der Waals surface area contributed by atoms with Crippen molar-refractivity contribution in [2.45, 2.75) is 40.4 Å². The lowest BCUT2D eigenvalue weighted by atomic mass is 9.98. The van der Waals surface area contributed by atoms with E-state index in [9.17, 15) is 37.7 Å². The second-order valence-corrected chi connectivity index (χ2v) is 17.5. The monoisotopic (exact) mass is 877 g/mol. The van der Waals surface area contributed by atoms with Crippen LogP contribution in [0.25, 0.3) is 0 Å². The van der Waals surface area contributed by atoms with Crippen LogP contribution in [-0.2, 0) is 43.0 Å².